The molecule has 1 aromatic carbocycles. The first-order chi connectivity index (χ1) is 26.7. The van der Waals surface area contributed by atoms with Crippen molar-refractivity contribution in [2.45, 2.75) is 156 Å². The average molecular weight is 798 g/mol. The second-order valence-electron chi connectivity index (χ2n) is 17.0. The van der Waals surface area contributed by atoms with Crippen molar-refractivity contribution in [2.75, 3.05) is 21.1 Å². The van der Waals surface area contributed by atoms with Gasteiger partial charge in [-0.05, 0) is 62.8 Å². The van der Waals surface area contributed by atoms with Crippen molar-refractivity contribution < 1.29 is 38.3 Å². The number of carbonyl (C=O) groups is 7. The van der Waals surface area contributed by atoms with E-state index in [4.69, 9.17) is 4.74 Å². The van der Waals surface area contributed by atoms with Gasteiger partial charge in [-0.25, -0.2) is 4.79 Å². The first-order valence-electron chi connectivity index (χ1n) is 20.9. The standard InChI is InChI=1S/C44H71N5O8/c1-13-15-19-29(7)24-35-43(55)47(10)30(8)44(56)57-31(9)39(51)45-34(14-2)42(54)48(11)36(23-28(5)6)38(50)26-33(22-27(3)4)41(53)49(12)37(40(52)46-35)25-32-20-17-16-18-21-32/h16-18,20-21,27-31,33-37H,13-15,19,22-26H2,1-12H3,(H,45,51)(H,46,52)/t29-,30+,31-,33-,34+,35?,36+,37+/m1/s1. The third-order valence-electron chi connectivity index (χ3n) is 11.1. The maximum absolute atomic E-state index is 14.6. The SMILES string of the molecule is CCCC[C@@H](C)CC1NC(=O)[C@H](Cc2ccccc2)N(C)C(=O)[C@H](CC(C)C)CC(=O)[C@H](CC(C)C)N(C)C(=O)[C@H](CC)NC(=O)[C@@H](C)OC(=O)[C@H](C)N(C)C1=O. The normalized spacial score (nSPS) is 26.3. The lowest BCUT2D eigenvalue weighted by Crippen LogP contribution is -2.57. The molecule has 1 saturated heterocycles. The van der Waals surface area contributed by atoms with Crippen LogP contribution in [0.4, 0.5) is 0 Å². The van der Waals surface area contributed by atoms with E-state index in [9.17, 15) is 33.6 Å². The first-order valence-corrected chi connectivity index (χ1v) is 20.9. The fourth-order valence-electron chi connectivity index (χ4n) is 7.37. The lowest BCUT2D eigenvalue weighted by molar-refractivity contribution is -0.162. The van der Waals surface area contributed by atoms with Crippen molar-refractivity contribution in [3.8, 4) is 0 Å². The highest BCUT2D eigenvalue weighted by Crippen LogP contribution is 2.25. The Labute approximate surface area is 341 Å². The number of rotatable bonds is 12. The molecule has 8 atom stereocenters. The Hall–Kier alpha value is -4.29. The molecule has 2 rings (SSSR count). The Bertz CT molecular complexity index is 1520. The smallest absolute Gasteiger partial charge is 0.329 e. The van der Waals surface area contributed by atoms with Crippen LogP contribution in [0.5, 0.6) is 0 Å². The second kappa shape index (κ2) is 23.2. The number of nitrogens with one attached hydrogen (secondary N) is 2. The van der Waals surface area contributed by atoms with Gasteiger partial charge in [-0.15, -0.1) is 0 Å². The third kappa shape index (κ3) is 14.6. The molecule has 0 aliphatic carbocycles. The van der Waals surface area contributed by atoms with Crippen LogP contribution in [-0.4, -0.2) is 113 Å². The maximum atomic E-state index is 14.6. The summed E-state index contributed by atoms with van der Waals surface area (Å²) in [5, 5.41) is 5.66. The zero-order valence-electron chi connectivity index (χ0n) is 36.6. The van der Waals surface area contributed by atoms with Crippen molar-refractivity contribution >= 4 is 41.3 Å². The molecule has 1 aliphatic heterocycles. The van der Waals surface area contributed by atoms with Crippen LogP contribution in [0.2, 0.25) is 0 Å². The number of esters is 1. The molecular formula is C44H71N5O8. The Morgan fingerprint density at radius 1 is 0.702 bits per heavy atom. The summed E-state index contributed by atoms with van der Waals surface area (Å²) < 4.78 is 5.53. The van der Waals surface area contributed by atoms with Crippen LogP contribution in [0.3, 0.4) is 0 Å². The molecular weight excluding hydrogens is 727 g/mol. The van der Waals surface area contributed by atoms with E-state index in [1.165, 1.54) is 42.6 Å². The Kier molecular flexibility index (Phi) is 19.9. The molecule has 1 aromatic rings. The molecule has 0 radical (unpaired) electrons. The first kappa shape index (κ1) is 48.9. The Balaban J connectivity index is 2.78. The van der Waals surface area contributed by atoms with Gasteiger partial charge in [0.15, 0.2) is 11.9 Å². The summed E-state index contributed by atoms with van der Waals surface area (Å²) in [6.45, 7) is 16.5. The van der Waals surface area contributed by atoms with Gasteiger partial charge in [0.05, 0.1) is 6.04 Å². The highest BCUT2D eigenvalue weighted by Gasteiger charge is 2.40. The van der Waals surface area contributed by atoms with E-state index >= 15 is 0 Å². The molecule has 320 valence electrons. The van der Waals surface area contributed by atoms with Crippen molar-refractivity contribution in [2.24, 2.45) is 23.7 Å². The molecule has 13 heteroatoms. The number of nitrogens with zero attached hydrogens (tertiary/aromatic N) is 3. The van der Waals surface area contributed by atoms with Crippen molar-refractivity contribution in [3.05, 3.63) is 35.9 Å². The summed E-state index contributed by atoms with van der Waals surface area (Å²) in [5.41, 5.74) is 0.798. The fourth-order valence-corrected chi connectivity index (χ4v) is 7.37. The van der Waals surface area contributed by atoms with Crippen LogP contribution in [0.25, 0.3) is 0 Å². The zero-order chi connectivity index (χ0) is 43.1. The van der Waals surface area contributed by atoms with Crippen molar-refractivity contribution in [3.63, 3.8) is 0 Å². The molecule has 13 nitrogen and oxygen atoms in total. The summed E-state index contributed by atoms with van der Waals surface area (Å²) in [5.74, 6) is -4.52. The molecule has 0 bridgehead atoms. The number of ether oxygens (including phenoxy) is 1. The van der Waals surface area contributed by atoms with Crippen LogP contribution in [0, 0.1) is 23.7 Å². The van der Waals surface area contributed by atoms with Gasteiger partial charge in [-0.1, -0.05) is 98.1 Å². The molecule has 1 unspecified atom stereocenters. The van der Waals surface area contributed by atoms with Gasteiger partial charge in [0.2, 0.25) is 23.6 Å². The average Bonchev–Trinajstić information content (AvgIpc) is 3.17. The summed E-state index contributed by atoms with van der Waals surface area (Å²) in [6.07, 6.45) is 2.55. The Morgan fingerprint density at radius 3 is 1.82 bits per heavy atom. The van der Waals surface area contributed by atoms with Crippen LogP contribution in [0.15, 0.2) is 30.3 Å². The van der Waals surface area contributed by atoms with E-state index in [2.05, 4.69) is 17.6 Å². The Morgan fingerprint density at radius 2 is 1.26 bits per heavy atom. The highest BCUT2D eigenvalue weighted by atomic mass is 16.5. The van der Waals surface area contributed by atoms with Gasteiger partial charge in [-0.3, -0.25) is 28.8 Å². The predicted molar refractivity (Wildman–Crippen MR) is 221 cm³/mol. The van der Waals surface area contributed by atoms with E-state index in [-0.39, 0.29) is 49.2 Å². The summed E-state index contributed by atoms with van der Waals surface area (Å²) in [7, 11) is 4.54. The summed E-state index contributed by atoms with van der Waals surface area (Å²) in [6, 6.07) is 4.15. The summed E-state index contributed by atoms with van der Waals surface area (Å²) >= 11 is 0. The molecule has 0 aromatic heterocycles. The molecule has 1 heterocycles. The number of amides is 5. The van der Waals surface area contributed by atoms with Crippen molar-refractivity contribution in [1.29, 1.82) is 0 Å². The lowest BCUT2D eigenvalue weighted by Gasteiger charge is -2.35. The van der Waals surface area contributed by atoms with Crippen LogP contribution in [0.1, 0.15) is 119 Å². The largest absolute Gasteiger partial charge is 0.451 e. The minimum atomic E-state index is -1.31. The van der Waals surface area contributed by atoms with E-state index in [0.717, 1.165) is 24.8 Å². The molecule has 0 saturated carbocycles. The quantitative estimate of drug-likeness (QED) is 0.281. The van der Waals surface area contributed by atoms with Gasteiger partial charge in [0, 0.05) is 39.9 Å². The predicted octanol–water partition coefficient (Wildman–Crippen LogP) is 4.94. The lowest BCUT2D eigenvalue weighted by atomic mass is 9.86. The number of likely N-dealkylation sites (N-methyl/N-ethyl adjacent to an activating group) is 3. The molecule has 57 heavy (non-hydrogen) atoms. The number of ketones is 1. The minimum Gasteiger partial charge on any atom is -0.451 e. The van der Waals surface area contributed by atoms with E-state index < -0.39 is 77.7 Å². The van der Waals surface area contributed by atoms with E-state index in [0.29, 0.717) is 12.8 Å². The number of benzene rings is 1. The molecule has 2 N–H and O–H groups in total. The zero-order valence-corrected chi connectivity index (χ0v) is 36.6. The fraction of sp³-hybridized carbons (Fsp3) is 0.705. The second-order valence-corrected chi connectivity index (χ2v) is 17.0. The van der Waals surface area contributed by atoms with Crippen molar-refractivity contribution in [1.82, 2.24) is 25.3 Å². The maximum Gasteiger partial charge on any atom is 0.329 e. The monoisotopic (exact) mass is 798 g/mol. The van der Waals surface area contributed by atoms with E-state index in [1.807, 2.05) is 65.0 Å². The van der Waals surface area contributed by atoms with E-state index in [1.54, 1.807) is 14.0 Å². The molecule has 1 aliphatic rings. The highest BCUT2D eigenvalue weighted by molar-refractivity contribution is 5.97. The summed E-state index contributed by atoms with van der Waals surface area (Å²) in [4.78, 5) is 102. The molecule has 0 spiro atoms. The van der Waals surface area contributed by atoms with Crippen LogP contribution in [-0.2, 0) is 44.7 Å². The number of hydrogen-bond acceptors (Lipinski definition) is 8. The van der Waals surface area contributed by atoms with Gasteiger partial charge in [0.25, 0.3) is 5.91 Å². The van der Waals surface area contributed by atoms with Gasteiger partial charge in [0.1, 0.15) is 24.2 Å². The number of unbranched alkanes of at least 4 members (excludes halogenated alkanes) is 1. The van der Waals surface area contributed by atoms with Crippen LogP contribution < -0.4 is 10.6 Å². The number of carbonyl (C=O) groups excluding carboxylic acids is 7. The minimum absolute atomic E-state index is 0.0131. The third-order valence-corrected chi connectivity index (χ3v) is 11.1. The van der Waals surface area contributed by atoms with Gasteiger partial charge >= 0.3 is 5.97 Å². The molecule has 5 amide bonds. The van der Waals surface area contributed by atoms with Gasteiger partial charge in [-0.2, -0.15) is 0 Å². The molecule has 1 fully saturated rings. The topological polar surface area (TPSA) is 162 Å². The number of cyclic esters (lactones) is 1. The number of hydrogen-bond donors (Lipinski definition) is 2. The van der Waals surface area contributed by atoms with Crippen LogP contribution >= 0.6 is 0 Å². The number of Topliss-reactive ketones (excluding diaryl/α,β-unsaturated/α-hetero) is 1. The van der Waals surface area contributed by atoms with Gasteiger partial charge < -0.3 is 30.1 Å².